The molecule has 2 aromatic heterocycles. The van der Waals surface area contributed by atoms with Crippen molar-refractivity contribution in [3.05, 3.63) is 64.1 Å². The molecule has 124 valence electrons. The molecule has 0 spiro atoms. The van der Waals surface area contributed by atoms with Crippen LogP contribution in [0.1, 0.15) is 41.3 Å². The van der Waals surface area contributed by atoms with Crippen molar-refractivity contribution in [1.29, 1.82) is 0 Å². The topological polar surface area (TPSA) is 66.0 Å². The molecule has 25 heavy (non-hydrogen) atoms. The summed E-state index contributed by atoms with van der Waals surface area (Å²) in [4.78, 5) is 9.58. The molecule has 0 unspecified atom stereocenters. The van der Waals surface area contributed by atoms with E-state index >= 15 is 0 Å². The van der Waals surface area contributed by atoms with Crippen molar-refractivity contribution in [2.24, 2.45) is 4.99 Å². The molecule has 3 heterocycles. The first-order valence-electron chi connectivity index (χ1n) is 8.36. The summed E-state index contributed by atoms with van der Waals surface area (Å²) in [7, 11) is 0. The second-order valence-corrected chi connectivity index (χ2v) is 6.95. The maximum absolute atomic E-state index is 6.49. The van der Waals surface area contributed by atoms with Crippen molar-refractivity contribution >= 4 is 34.5 Å². The van der Waals surface area contributed by atoms with Crippen LogP contribution in [-0.2, 0) is 0 Å². The van der Waals surface area contributed by atoms with Crippen molar-refractivity contribution in [2.45, 2.75) is 25.7 Å². The predicted octanol–water partition coefficient (Wildman–Crippen LogP) is 4.87. The highest BCUT2D eigenvalue weighted by Crippen LogP contribution is 2.42. The molecule has 0 bridgehead atoms. The molecule has 0 saturated heterocycles. The van der Waals surface area contributed by atoms with Crippen LogP contribution in [0.2, 0.25) is 5.02 Å². The largest absolute Gasteiger partial charge is 0.335 e. The highest BCUT2D eigenvalue weighted by molar-refractivity contribution is 6.36. The summed E-state index contributed by atoms with van der Waals surface area (Å²) in [5.74, 6) is 1.28. The molecule has 0 atom stereocenters. The molecule has 0 radical (unpaired) electrons. The van der Waals surface area contributed by atoms with Gasteiger partial charge in [0.1, 0.15) is 5.69 Å². The zero-order valence-electron chi connectivity index (χ0n) is 13.7. The molecule has 2 aliphatic rings. The van der Waals surface area contributed by atoms with Gasteiger partial charge >= 0.3 is 0 Å². The number of nitrogens with one attached hydrogen (secondary N) is 2. The molecule has 1 fully saturated rings. The Hall–Kier alpha value is -2.66. The number of fused-ring (bicyclic) bond motifs is 2. The van der Waals surface area contributed by atoms with Crippen LogP contribution in [0.15, 0.2) is 41.5 Å². The second kappa shape index (κ2) is 5.43. The number of hydrogen-bond acceptors (Lipinski definition) is 4. The van der Waals surface area contributed by atoms with E-state index in [9.17, 15) is 0 Å². The number of aryl methyl sites for hydroxylation is 1. The number of anilines is 2. The molecule has 0 amide bonds. The Kier molecular flexibility index (Phi) is 3.18. The van der Waals surface area contributed by atoms with E-state index in [1.807, 2.05) is 37.4 Å². The van der Waals surface area contributed by atoms with Crippen LogP contribution in [0.3, 0.4) is 0 Å². The quantitative estimate of drug-likeness (QED) is 0.542. The van der Waals surface area contributed by atoms with Crippen molar-refractivity contribution in [1.82, 2.24) is 15.2 Å². The Balaban J connectivity index is 1.78. The number of aliphatic imine (C=N–C) groups is 1. The number of benzene rings is 1. The van der Waals surface area contributed by atoms with Gasteiger partial charge in [-0.3, -0.25) is 10.1 Å². The number of halogens is 1. The van der Waals surface area contributed by atoms with E-state index in [0.29, 0.717) is 16.8 Å². The first-order valence-corrected chi connectivity index (χ1v) is 8.74. The lowest BCUT2D eigenvalue weighted by atomic mass is 10.00. The van der Waals surface area contributed by atoms with Gasteiger partial charge in [0.2, 0.25) is 0 Å². The molecular weight excluding hydrogens is 334 g/mol. The average molecular weight is 350 g/mol. The first kappa shape index (κ1) is 14.7. The number of hydrogen-bond donors (Lipinski definition) is 2. The van der Waals surface area contributed by atoms with Gasteiger partial charge in [-0.05, 0) is 31.9 Å². The minimum atomic E-state index is 0.570. The Bertz CT molecular complexity index is 1020. The third kappa shape index (κ3) is 2.43. The zero-order chi connectivity index (χ0) is 17.0. The molecule has 1 aromatic carbocycles. The molecule has 1 aliphatic carbocycles. The number of nitrogens with zero attached hydrogens (tertiary/aromatic N) is 3. The smallest absolute Gasteiger partial charge is 0.178 e. The van der Waals surface area contributed by atoms with Crippen LogP contribution in [0.25, 0.3) is 0 Å². The van der Waals surface area contributed by atoms with E-state index in [-0.39, 0.29) is 0 Å². The first-order chi connectivity index (χ1) is 12.2. The SMILES string of the molecule is Cc1[nH]nc2c1N=C(c1ccccc1Cl)c1cc(C3CC3)ncc1N2. The van der Waals surface area contributed by atoms with Crippen LogP contribution in [0.4, 0.5) is 17.2 Å². The van der Waals surface area contributed by atoms with Gasteiger partial charge in [0, 0.05) is 27.8 Å². The van der Waals surface area contributed by atoms with Crippen molar-refractivity contribution in [3.8, 4) is 0 Å². The van der Waals surface area contributed by atoms with Crippen LogP contribution in [0, 0.1) is 6.92 Å². The van der Waals surface area contributed by atoms with E-state index < -0.39 is 0 Å². The molecule has 5 nitrogen and oxygen atoms in total. The fraction of sp³-hybridized carbons (Fsp3) is 0.211. The highest BCUT2D eigenvalue weighted by atomic mass is 35.5. The third-order valence-corrected chi connectivity index (χ3v) is 5.03. The lowest BCUT2D eigenvalue weighted by molar-refractivity contribution is 1.02. The minimum Gasteiger partial charge on any atom is -0.335 e. The summed E-state index contributed by atoms with van der Waals surface area (Å²) < 4.78 is 0. The van der Waals surface area contributed by atoms with Crippen LogP contribution >= 0.6 is 11.6 Å². The normalized spacial score (nSPS) is 15.7. The fourth-order valence-electron chi connectivity index (χ4n) is 3.17. The molecule has 1 aliphatic heterocycles. The van der Waals surface area contributed by atoms with Gasteiger partial charge in [-0.15, -0.1) is 0 Å². The molecule has 5 rings (SSSR count). The lowest BCUT2D eigenvalue weighted by Gasteiger charge is -2.13. The van der Waals surface area contributed by atoms with Gasteiger partial charge in [-0.1, -0.05) is 29.8 Å². The van der Waals surface area contributed by atoms with Gasteiger partial charge in [-0.2, -0.15) is 5.10 Å². The van der Waals surface area contributed by atoms with E-state index in [0.717, 1.165) is 39.6 Å². The van der Waals surface area contributed by atoms with Gasteiger partial charge in [0.05, 0.1) is 23.3 Å². The van der Waals surface area contributed by atoms with E-state index in [1.165, 1.54) is 12.8 Å². The van der Waals surface area contributed by atoms with Crippen molar-refractivity contribution < 1.29 is 0 Å². The summed E-state index contributed by atoms with van der Waals surface area (Å²) in [6.07, 6.45) is 4.30. The highest BCUT2D eigenvalue weighted by Gasteiger charge is 2.28. The molecule has 6 heteroatoms. The maximum atomic E-state index is 6.49. The number of aromatic amines is 1. The van der Waals surface area contributed by atoms with E-state index in [4.69, 9.17) is 16.6 Å². The van der Waals surface area contributed by atoms with E-state index in [1.54, 1.807) is 0 Å². The molecule has 2 N–H and O–H groups in total. The molecule has 3 aromatic rings. The lowest BCUT2D eigenvalue weighted by Crippen LogP contribution is -2.07. The Morgan fingerprint density at radius 1 is 1.16 bits per heavy atom. The van der Waals surface area contributed by atoms with Crippen molar-refractivity contribution in [2.75, 3.05) is 5.32 Å². The van der Waals surface area contributed by atoms with Gasteiger partial charge in [0.15, 0.2) is 5.82 Å². The minimum absolute atomic E-state index is 0.570. The third-order valence-electron chi connectivity index (χ3n) is 4.70. The fourth-order valence-corrected chi connectivity index (χ4v) is 3.40. The standard InChI is InChI=1S/C19H16ClN5/c1-10-17-19(25-24-10)22-16-9-21-15(11-6-7-11)8-13(16)18(23-17)12-4-2-3-5-14(12)20/h2-5,8-9,11H,6-7H2,1H3,(H2,22,24,25). The van der Waals surface area contributed by atoms with Gasteiger partial charge in [0.25, 0.3) is 0 Å². The maximum Gasteiger partial charge on any atom is 0.178 e. The Morgan fingerprint density at radius 2 is 2.00 bits per heavy atom. The Morgan fingerprint density at radius 3 is 2.80 bits per heavy atom. The predicted molar refractivity (Wildman–Crippen MR) is 99.6 cm³/mol. The summed E-state index contributed by atoms with van der Waals surface area (Å²) in [5, 5.41) is 11.4. The van der Waals surface area contributed by atoms with Crippen LogP contribution in [-0.4, -0.2) is 20.9 Å². The van der Waals surface area contributed by atoms with E-state index in [2.05, 4.69) is 26.6 Å². The van der Waals surface area contributed by atoms with Gasteiger partial charge in [-0.25, -0.2) is 4.99 Å². The summed E-state index contributed by atoms with van der Waals surface area (Å²) in [6, 6.07) is 9.95. The monoisotopic (exact) mass is 349 g/mol. The van der Waals surface area contributed by atoms with Crippen molar-refractivity contribution in [3.63, 3.8) is 0 Å². The average Bonchev–Trinajstić information content (AvgIpc) is 3.42. The Labute approximate surface area is 150 Å². The number of rotatable bonds is 2. The van der Waals surface area contributed by atoms with Crippen LogP contribution < -0.4 is 5.32 Å². The number of aromatic nitrogens is 3. The summed E-state index contributed by atoms with van der Waals surface area (Å²) in [6.45, 7) is 1.96. The van der Waals surface area contributed by atoms with Crippen LogP contribution in [0.5, 0.6) is 0 Å². The second-order valence-electron chi connectivity index (χ2n) is 6.54. The summed E-state index contributed by atoms with van der Waals surface area (Å²) in [5.41, 5.74) is 6.51. The summed E-state index contributed by atoms with van der Waals surface area (Å²) >= 11 is 6.49. The number of H-pyrrole nitrogens is 1. The van der Waals surface area contributed by atoms with Gasteiger partial charge < -0.3 is 5.32 Å². The zero-order valence-corrected chi connectivity index (χ0v) is 14.4. The molecular formula is C19H16ClN5. The number of pyridine rings is 1. The molecule has 1 saturated carbocycles.